The van der Waals surface area contributed by atoms with E-state index >= 15 is 0 Å². The van der Waals surface area contributed by atoms with Gasteiger partial charge in [0.25, 0.3) is 0 Å². The van der Waals surface area contributed by atoms with E-state index in [-0.39, 0.29) is 24.7 Å². The molecule has 0 bridgehead atoms. The van der Waals surface area contributed by atoms with Crippen LogP contribution in [0.1, 0.15) is 43.4 Å². The first-order valence-corrected chi connectivity index (χ1v) is 7.34. The number of hydrogen-bond acceptors (Lipinski definition) is 2. The lowest BCUT2D eigenvalue weighted by Gasteiger charge is -2.25. The average molecular weight is 354 g/mol. The predicted octanol–water partition coefficient (Wildman–Crippen LogP) is 5.66. The Labute approximate surface area is 135 Å². The third-order valence-electron chi connectivity index (χ3n) is 3.64. The molecule has 0 aromatic heterocycles. The molecule has 1 aliphatic rings. The van der Waals surface area contributed by atoms with Gasteiger partial charge in [0.1, 0.15) is 11.3 Å². The van der Waals surface area contributed by atoms with Crippen molar-refractivity contribution in [3.8, 4) is 5.75 Å². The zero-order valence-electron chi connectivity index (χ0n) is 13.0. The highest BCUT2D eigenvalue weighted by Gasteiger charge is 2.47. The molecule has 0 amide bonds. The molecule has 24 heavy (non-hydrogen) atoms. The van der Waals surface area contributed by atoms with E-state index in [4.69, 9.17) is 9.47 Å². The molecule has 0 fully saturated rings. The lowest BCUT2D eigenvalue weighted by Crippen LogP contribution is -2.21. The van der Waals surface area contributed by atoms with E-state index in [0.717, 1.165) is 18.4 Å². The van der Waals surface area contributed by atoms with E-state index in [1.54, 1.807) is 6.92 Å². The molecule has 0 saturated carbocycles. The van der Waals surface area contributed by atoms with Crippen LogP contribution in [0.15, 0.2) is 18.4 Å². The Balaban J connectivity index is 2.73. The summed E-state index contributed by atoms with van der Waals surface area (Å²) in [4.78, 5) is 0. The van der Waals surface area contributed by atoms with Crippen LogP contribution in [0.3, 0.4) is 0 Å². The number of allylic oxidation sites excluding steroid dienone is 1. The minimum absolute atomic E-state index is 0.0916. The van der Waals surface area contributed by atoms with Crippen LogP contribution >= 0.6 is 0 Å². The Morgan fingerprint density at radius 1 is 1.08 bits per heavy atom. The van der Waals surface area contributed by atoms with E-state index in [9.17, 15) is 26.3 Å². The van der Waals surface area contributed by atoms with Crippen LogP contribution in [-0.4, -0.2) is 12.7 Å². The van der Waals surface area contributed by atoms with Crippen molar-refractivity contribution in [3.05, 3.63) is 35.1 Å². The first-order chi connectivity index (χ1) is 11.1. The van der Waals surface area contributed by atoms with Crippen LogP contribution in [0.4, 0.5) is 26.3 Å². The van der Waals surface area contributed by atoms with Gasteiger partial charge in [0.15, 0.2) is 0 Å². The van der Waals surface area contributed by atoms with Crippen molar-refractivity contribution < 1.29 is 35.8 Å². The van der Waals surface area contributed by atoms with Crippen LogP contribution in [0.25, 0.3) is 5.57 Å². The Kier molecular flexibility index (Phi) is 5.05. The van der Waals surface area contributed by atoms with Gasteiger partial charge in [0.2, 0.25) is 0 Å². The lowest BCUT2D eigenvalue weighted by atomic mass is 9.90. The third-order valence-corrected chi connectivity index (χ3v) is 3.64. The van der Waals surface area contributed by atoms with Crippen LogP contribution in [-0.2, 0) is 17.1 Å². The Bertz CT molecular complexity index is 631. The molecule has 134 valence electrons. The molecule has 0 aliphatic carbocycles. The van der Waals surface area contributed by atoms with Crippen molar-refractivity contribution in [1.82, 2.24) is 0 Å². The molecule has 2 nitrogen and oxygen atoms in total. The normalized spacial score (nSPS) is 18.8. The molecule has 0 radical (unpaired) electrons. The molecule has 0 spiro atoms. The molecule has 2 rings (SSSR count). The molecule has 0 saturated heterocycles. The maximum absolute atomic E-state index is 13.5. The van der Waals surface area contributed by atoms with Crippen LogP contribution in [0.5, 0.6) is 5.75 Å². The molecule has 0 N–H and O–H groups in total. The number of ether oxygens (including phenoxy) is 2. The summed E-state index contributed by atoms with van der Waals surface area (Å²) in [7, 11) is 0. The summed E-state index contributed by atoms with van der Waals surface area (Å²) in [5.41, 5.74) is -3.96. The maximum Gasteiger partial charge on any atom is 0.420 e. The fraction of sp³-hybridized carbons (Fsp3) is 0.500. The second-order valence-electron chi connectivity index (χ2n) is 5.42. The molecule has 1 heterocycles. The van der Waals surface area contributed by atoms with Crippen molar-refractivity contribution in [3.63, 3.8) is 0 Å². The summed E-state index contributed by atoms with van der Waals surface area (Å²) in [5.74, 6) is -0.827. The standard InChI is InChI=1S/C16H16F6O2/c1-3-23-12-7-6-11(10-5-4-9(2)24-8-10)13(15(17,18)19)14(12)16(20,21)22/h6-9H,3-5H2,1-2H3. The topological polar surface area (TPSA) is 18.5 Å². The summed E-state index contributed by atoms with van der Waals surface area (Å²) < 4.78 is 90.4. The summed E-state index contributed by atoms with van der Waals surface area (Å²) in [6.07, 6.45) is -8.83. The van der Waals surface area contributed by atoms with Gasteiger partial charge in [-0.05, 0) is 43.9 Å². The highest BCUT2D eigenvalue weighted by atomic mass is 19.4. The van der Waals surface area contributed by atoms with Gasteiger partial charge >= 0.3 is 12.4 Å². The van der Waals surface area contributed by atoms with Gasteiger partial charge in [0.05, 0.1) is 24.5 Å². The second-order valence-corrected chi connectivity index (χ2v) is 5.42. The first kappa shape index (κ1) is 18.5. The van der Waals surface area contributed by atoms with E-state index < -0.39 is 34.8 Å². The zero-order valence-corrected chi connectivity index (χ0v) is 13.0. The Morgan fingerprint density at radius 3 is 2.17 bits per heavy atom. The number of halogens is 6. The number of alkyl halides is 6. The minimum atomic E-state index is -5.20. The van der Waals surface area contributed by atoms with Crippen molar-refractivity contribution in [1.29, 1.82) is 0 Å². The van der Waals surface area contributed by atoms with Gasteiger partial charge in [0, 0.05) is 0 Å². The molecule has 8 heteroatoms. The monoisotopic (exact) mass is 354 g/mol. The van der Waals surface area contributed by atoms with Gasteiger partial charge in [-0.2, -0.15) is 26.3 Å². The molecular formula is C16H16F6O2. The quantitative estimate of drug-likeness (QED) is 0.652. The maximum atomic E-state index is 13.5. The average Bonchev–Trinajstić information content (AvgIpc) is 2.46. The van der Waals surface area contributed by atoms with E-state index in [1.165, 1.54) is 6.92 Å². The van der Waals surface area contributed by atoms with Gasteiger partial charge in [-0.3, -0.25) is 0 Å². The van der Waals surface area contributed by atoms with Gasteiger partial charge in [-0.1, -0.05) is 6.07 Å². The zero-order chi connectivity index (χ0) is 18.1. The summed E-state index contributed by atoms with van der Waals surface area (Å²) in [5, 5.41) is 0. The summed E-state index contributed by atoms with van der Waals surface area (Å²) >= 11 is 0. The number of benzene rings is 1. The first-order valence-electron chi connectivity index (χ1n) is 7.34. The van der Waals surface area contributed by atoms with Crippen LogP contribution in [0, 0.1) is 0 Å². The Morgan fingerprint density at radius 2 is 1.71 bits per heavy atom. The molecule has 1 aliphatic heterocycles. The number of rotatable bonds is 3. The molecule has 1 aromatic rings. The second kappa shape index (κ2) is 6.57. The van der Waals surface area contributed by atoms with Crippen LogP contribution in [0.2, 0.25) is 0 Å². The van der Waals surface area contributed by atoms with Gasteiger partial charge < -0.3 is 9.47 Å². The fourth-order valence-corrected chi connectivity index (χ4v) is 2.58. The van der Waals surface area contributed by atoms with Crippen LogP contribution < -0.4 is 4.74 Å². The smallest absolute Gasteiger partial charge is 0.420 e. The van der Waals surface area contributed by atoms with Crippen molar-refractivity contribution in [2.75, 3.05) is 6.61 Å². The number of hydrogen-bond donors (Lipinski definition) is 0. The molecule has 1 aromatic carbocycles. The van der Waals surface area contributed by atoms with Gasteiger partial charge in [-0.25, -0.2) is 0 Å². The lowest BCUT2D eigenvalue weighted by molar-refractivity contribution is -0.163. The fourth-order valence-electron chi connectivity index (χ4n) is 2.58. The van der Waals surface area contributed by atoms with Gasteiger partial charge in [-0.15, -0.1) is 0 Å². The van der Waals surface area contributed by atoms with Crippen molar-refractivity contribution in [2.24, 2.45) is 0 Å². The van der Waals surface area contributed by atoms with E-state index in [1.807, 2.05) is 0 Å². The molecule has 1 unspecified atom stereocenters. The predicted molar refractivity (Wildman–Crippen MR) is 75.4 cm³/mol. The van der Waals surface area contributed by atoms with E-state index in [2.05, 4.69) is 0 Å². The Hall–Kier alpha value is -1.86. The van der Waals surface area contributed by atoms with E-state index in [0.29, 0.717) is 6.42 Å². The van der Waals surface area contributed by atoms with Crippen molar-refractivity contribution >= 4 is 5.57 Å². The summed E-state index contributed by atoms with van der Waals surface area (Å²) in [6.45, 7) is 2.96. The highest BCUT2D eigenvalue weighted by Crippen LogP contribution is 2.48. The largest absolute Gasteiger partial charge is 0.498 e. The SMILES string of the molecule is CCOc1ccc(C2=COC(C)CC2)c(C(F)(F)F)c1C(F)(F)F. The molecule has 1 atom stereocenters. The third kappa shape index (κ3) is 3.79. The van der Waals surface area contributed by atoms with Crippen molar-refractivity contribution in [2.45, 2.75) is 45.1 Å². The minimum Gasteiger partial charge on any atom is -0.498 e. The summed E-state index contributed by atoms with van der Waals surface area (Å²) in [6, 6.07) is 1.93. The molecular weight excluding hydrogens is 338 g/mol. The highest BCUT2D eigenvalue weighted by molar-refractivity contribution is 5.71.